The minimum Gasteiger partial charge on any atom is -0.476 e. The molecule has 13 heteroatoms. The van der Waals surface area contributed by atoms with Gasteiger partial charge in [0.1, 0.15) is 18.1 Å². The Kier molecular flexibility index (Phi) is 7.74. The minimum absolute atomic E-state index is 0.0178. The number of carbonyl (C=O) groups excluding carboxylic acids is 2. The molecule has 4 rings (SSSR count). The molecule has 1 unspecified atom stereocenters. The van der Waals surface area contributed by atoms with E-state index < -0.39 is 41.8 Å². The van der Waals surface area contributed by atoms with Crippen LogP contribution in [0, 0.1) is 11.6 Å². The molecule has 2 aliphatic rings. The van der Waals surface area contributed by atoms with Gasteiger partial charge in [0.2, 0.25) is 0 Å². The number of amides is 2. The van der Waals surface area contributed by atoms with Crippen LogP contribution in [-0.2, 0) is 4.79 Å². The predicted molar refractivity (Wildman–Crippen MR) is 129 cm³/mol. The van der Waals surface area contributed by atoms with Gasteiger partial charge in [0.15, 0.2) is 17.2 Å². The lowest BCUT2D eigenvalue weighted by molar-refractivity contribution is -0.135. The number of ether oxygens (including phenoxy) is 1. The third-order valence-corrected chi connectivity index (χ3v) is 6.95. The SMILES string of the molecule is CC(C)(Oc1ccc(F)cc1Cl)C(=O)NC1C[C@H]2CC[C@@H](C1)N2c1ncc(C(=O)NCC(F)(F)F)cc1F. The molecule has 1 aromatic heterocycles. The highest BCUT2D eigenvalue weighted by molar-refractivity contribution is 6.32. The van der Waals surface area contributed by atoms with Crippen LogP contribution in [0.3, 0.4) is 0 Å². The number of piperidine rings is 1. The van der Waals surface area contributed by atoms with Gasteiger partial charge in [-0.25, -0.2) is 13.8 Å². The zero-order valence-corrected chi connectivity index (χ0v) is 21.3. The van der Waals surface area contributed by atoms with E-state index >= 15 is 0 Å². The van der Waals surface area contributed by atoms with Crippen molar-refractivity contribution in [3.63, 3.8) is 0 Å². The second-order valence-electron chi connectivity index (χ2n) is 9.95. The Bertz CT molecular complexity index is 1210. The van der Waals surface area contributed by atoms with Crippen molar-refractivity contribution in [2.24, 2.45) is 0 Å². The van der Waals surface area contributed by atoms with Gasteiger partial charge in [-0.3, -0.25) is 9.59 Å². The summed E-state index contributed by atoms with van der Waals surface area (Å²) in [5, 5.41) is 4.71. The Balaban J connectivity index is 1.39. The molecule has 0 aliphatic carbocycles. The number of aromatic nitrogens is 1. The Hall–Kier alpha value is -3.15. The van der Waals surface area contributed by atoms with E-state index in [1.165, 1.54) is 12.1 Å². The minimum atomic E-state index is -4.59. The Morgan fingerprint density at radius 3 is 2.37 bits per heavy atom. The smallest absolute Gasteiger partial charge is 0.405 e. The van der Waals surface area contributed by atoms with Crippen molar-refractivity contribution >= 4 is 29.2 Å². The second kappa shape index (κ2) is 10.5. The first-order chi connectivity index (χ1) is 17.7. The van der Waals surface area contributed by atoms with Gasteiger partial charge in [-0.15, -0.1) is 0 Å². The summed E-state index contributed by atoms with van der Waals surface area (Å²) >= 11 is 6.02. The number of nitrogens with one attached hydrogen (secondary N) is 2. The normalized spacial score (nSPS) is 21.3. The highest BCUT2D eigenvalue weighted by atomic mass is 35.5. The molecule has 2 aromatic rings. The molecule has 2 fully saturated rings. The van der Waals surface area contributed by atoms with Crippen LogP contribution >= 0.6 is 11.6 Å². The van der Waals surface area contributed by atoms with E-state index in [9.17, 15) is 31.5 Å². The molecular weight excluding hydrogens is 535 g/mol. The Labute approximate surface area is 220 Å². The van der Waals surface area contributed by atoms with Gasteiger partial charge in [0, 0.05) is 24.3 Å². The van der Waals surface area contributed by atoms with Gasteiger partial charge in [0.05, 0.1) is 10.6 Å². The number of hydrogen-bond acceptors (Lipinski definition) is 5. The molecule has 3 heterocycles. The van der Waals surface area contributed by atoms with Crippen LogP contribution in [0.2, 0.25) is 5.02 Å². The quantitative estimate of drug-likeness (QED) is 0.476. The standard InChI is InChI=1S/C25H26ClF5N4O3/c1-24(2,38-20-6-3-14(27)8-18(20)26)23(37)34-15-9-16-4-5-17(10-15)35(16)21-19(28)7-13(11-32-21)22(36)33-12-25(29,30)31/h3,6-8,11,15-17H,4-5,9-10,12H2,1-2H3,(H,33,36)(H,34,37)/t15?,16-,17+. The lowest BCUT2D eigenvalue weighted by atomic mass is 9.96. The van der Waals surface area contributed by atoms with E-state index in [4.69, 9.17) is 16.3 Å². The lowest BCUT2D eigenvalue weighted by Crippen LogP contribution is -2.55. The second-order valence-corrected chi connectivity index (χ2v) is 10.4. The molecule has 3 atom stereocenters. The number of rotatable bonds is 7. The highest BCUT2D eigenvalue weighted by Crippen LogP contribution is 2.40. The number of nitrogens with zero attached hydrogens (tertiary/aromatic N) is 2. The van der Waals surface area contributed by atoms with E-state index in [0.29, 0.717) is 12.8 Å². The fraction of sp³-hybridized carbons (Fsp3) is 0.480. The maximum atomic E-state index is 14.9. The van der Waals surface area contributed by atoms with Crippen molar-refractivity contribution in [1.29, 1.82) is 0 Å². The summed E-state index contributed by atoms with van der Waals surface area (Å²) in [5.74, 6) is -2.62. The summed E-state index contributed by atoms with van der Waals surface area (Å²) in [6.45, 7) is 1.60. The van der Waals surface area contributed by atoms with Gasteiger partial charge in [-0.1, -0.05) is 11.6 Å². The van der Waals surface area contributed by atoms with E-state index in [0.717, 1.165) is 31.2 Å². The third-order valence-electron chi connectivity index (χ3n) is 6.65. The molecule has 1 aromatic carbocycles. The van der Waals surface area contributed by atoms with E-state index in [-0.39, 0.29) is 40.3 Å². The summed E-state index contributed by atoms with van der Waals surface area (Å²) in [6, 6.07) is 3.99. The maximum Gasteiger partial charge on any atom is 0.405 e. The monoisotopic (exact) mass is 560 g/mol. The zero-order chi connectivity index (χ0) is 27.8. The van der Waals surface area contributed by atoms with E-state index in [2.05, 4.69) is 10.3 Å². The fourth-order valence-electron chi connectivity index (χ4n) is 4.91. The summed E-state index contributed by atoms with van der Waals surface area (Å²) in [4.78, 5) is 30.8. The van der Waals surface area contributed by atoms with Gasteiger partial charge in [-0.2, -0.15) is 13.2 Å². The average molecular weight is 561 g/mol. The van der Waals surface area contributed by atoms with Gasteiger partial charge < -0.3 is 20.3 Å². The predicted octanol–water partition coefficient (Wildman–Crippen LogP) is 4.78. The number of hydrogen-bond donors (Lipinski definition) is 2. The van der Waals surface area contributed by atoms with Gasteiger partial charge in [-0.05, 0) is 63.8 Å². The fourth-order valence-corrected chi connectivity index (χ4v) is 5.11. The number of alkyl halides is 3. The van der Waals surface area contributed by atoms with Gasteiger partial charge in [0.25, 0.3) is 11.8 Å². The molecule has 2 amide bonds. The van der Waals surface area contributed by atoms with Crippen LogP contribution in [0.1, 0.15) is 49.9 Å². The Morgan fingerprint density at radius 2 is 1.79 bits per heavy atom. The van der Waals surface area contributed by atoms with Crippen LogP contribution in [0.4, 0.5) is 27.8 Å². The van der Waals surface area contributed by atoms with Crippen molar-refractivity contribution in [3.8, 4) is 5.75 Å². The van der Waals surface area contributed by atoms with Crippen LogP contribution in [0.15, 0.2) is 30.5 Å². The van der Waals surface area contributed by atoms with Crippen molar-refractivity contribution in [3.05, 3.63) is 52.7 Å². The average Bonchev–Trinajstić information content (AvgIpc) is 3.08. The summed E-state index contributed by atoms with van der Waals surface area (Å²) in [6.07, 6.45) is -1.06. The molecule has 2 N–H and O–H groups in total. The molecule has 206 valence electrons. The number of pyridine rings is 1. The molecule has 0 spiro atoms. The van der Waals surface area contributed by atoms with Crippen molar-refractivity contribution in [2.45, 2.75) is 69.4 Å². The number of anilines is 1. The van der Waals surface area contributed by atoms with Crippen molar-refractivity contribution < 1.29 is 36.3 Å². The number of carbonyl (C=O) groups is 2. The molecule has 0 saturated carbocycles. The molecule has 2 bridgehead atoms. The number of halogens is 6. The summed E-state index contributed by atoms with van der Waals surface area (Å²) < 4.78 is 71.1. The largest absolute Gasteiger partial charge is 0.476 e. The van der Waals surface area contributed by atoms with Crippen LogP contribution in [0.25, 0.3) is 0 Å². The molecule has 38 heavy (non-hydrogen) atoms. The Morgan fingerprint density at radius 1 is 1.13 bits per heavy atom. The number of benzene rings is 1. The first kappa shape index (κ1) is 27.9. The lowest BCUT2D eigenvalue weighted by Gasteiger charge is -2.41. The molecular formula is C25H26ClF5N4O3. The van der Waals surface area contributed by atoms with Crippen LogP contribution < -0.4 is 20.3 Å². The first-order valence-electron chi connectivity index (χ1n) is 12.0. The van der Waals surface area contributed by atoms with Crippen LogP contribution in [0.5, 0.6) is 5.75 Å². The highest BCUT2D eigenvalue weighted by Gasteiger charge is 2.44. The van der Waals surface area contributed by atoms with Gasteiger partial charge >= 0.3 is 6.18 Å². The molecule has 7 nitrogen and oxygen atoms in total. The molecule has 2 saturated heterocycles. The van der Waals surface area contributed by atoms with Crippen molar-refractivity contribution in [1.82, 2.24) is 15.6 Å². The maximum absolute atomic E-state index is 14.9. The van der Waals surface area contributed by atoms with Crippen LogP contribution in [-0.4, -0.2) is 53.2 Å². The summed E-state index contributed by atoms with van der Waals surface area (Å²) in [5.41, 5.74) is -1.62. The zero-order valence-electron chi connectivity index (χ0n) is 20.5. The molecule has 2 aliphatic heterocycles. The molecule has 0 radical (unpaired) electrons. The topological polar surface area (TPSA) is 83.6 Å². The van der Waals surface area contributed by atoms with E-state index in [1.54, 1.807) is 19.2 Å². The first-order valence-corrected chi connectivity index (χ1v) is 12.3. The third kappa shape index (κ3) is 6.28. The van der Waals surface area contributed by atoms with E-state index in [1.807, 2.05) is 4.90 Å². The summed E-state index contributed by atoms with van der Waals surface area (Å²) in [7, 11) is 0. The van der Waals surface area contributed by atoms with Crippen molar-refractivity contribution in [2.75, 3.05) is 11.4 Å². The number of fused-ring (bicyclic) bond motifs is 2.